The zero-order chi connectivity index (χ0) is 18.5. The van der Waals surface area contributed by atoms with E-state index >= 15 is 0 Å². The second-order valence-electron chi connectivity index (χ2n) is 14.2. The van der Waals surface area contributed by atoms with Gasteiger partial charge in [-0.2, -0.15) is 0 Å². The minimum absolute atomic E-state index is 0.0723. The molecule has 0 aromatic carbocycles. The number of hydrogen-bond donors (Lipinski definition) is 0. The Morgan fingerprint density at radius 2 is 0.654 bits per heavy atom. The maximum atomic E-state index is 7.41. The topological polar surface area (TPSA) is 0 Å². The van der Waals surface area contributed by atoms with E-state index in [4.69, 9.17) is 23.2 Å². The first-order valence-electron chi connectivity index (χ1n) is 11.1. The zero-order valence-electron chi connectivity index (χ0n) is 17.2. The predicted octanol–water partition coefficient (Wildman–Crippen LogP) is 7.70. The minimum Gasteiger partial charge on any atom is -0.119 e. The van der Waals surface area contributed by atoms with Crippen LogP contribution in [0.4, 0.5) is 0 Å². The Labute approximate surface area is 170 Å². The Balaban J connectivity index is 1.53. The lowest BCUT2D eigenvalue weighted by Gasteiger charge is -2.78. The summed E-state index contributed by atoms with van der Waals surface area (Å²) >= 11 is 14.8. The van der Waals surface area contributed by atoms with Gasteiger partial charge in [-0.1, -0.05) is 27.7 Å². The molecule has 0 radical (unpaired) electrons. The molecule has 8 rings (SSSR count). The molecule has 0 heterocycles. The van der Waals surface area contributed by atoms with Gasteiger partial charge < -0.3 is 0 Å². The van der Waals surface area contributed by atoms with Crippen LogP contribution in [0.1, 0.15) is 105 Å². The molecular formula is C24H36Cl2. The van der Waals surface area contributed by atoms with Gasteiger partial charge in [-0.05, 0) is 110 Å². The molecule has 146 valence electrons. The summed E-state index contributed by atoms with van der Waals surface area (Å²) < 4.78 is 0. The molecule has 4 atom stereocenters. The molecule has 0 aliphatic heterocycles. The third-order valence-electron chi connectivity index (χ3n) is 10.2. The lowest BCUT2D eigenvalue weighted by molar-refractivity contribution is -0.255. The number of hydrogen-bond acceptors (Lipinski definition) is 0. The molecule has 8 fully saturated rings. The van der Waals surface area contributed by atoms with Crippen molar-refractivity contribution >= 4 is 23.2 Å². The van der Waals surface area contributed by atoms with Crippen LogP contribution in [0.5, 0.6) is 0 Å². The second-order valence-corrected chi connectivity index (χ2v) is 15.8. The summed E-state index contributed by atoms with van der Waals surface area (Å²) in [5.74, 6) is 0. The molecule has 8 saturated carbocycles. The Morgan fingerprint density at radius 3 is 0.885 bits per heavy atom. The van der Waals surface area contributed by atoms with Gasteiger partial charge in [-0.15, -0.1) is 23.2 Å². The fourth-order valence-corrected chi connectivity index (χ4v) is 14.0. The Bertz CT molecular complexity index is 540. The highest BCUT2D eigenvalue weighted by molar-refractivity contribution is 6.24. The molecule has 0 saturated heterocycles. The molecule has 0 aromatic heterocycles. The highest BCUT2D eigenvalue weighted by atomic mass is 35.5. The van der Waals surface area contributed by atoms with E-state index in [2.05, 4.69) is 27.7 Å². The lowest BCUT2D eigenvalue weighted by Crippen LogP contribution is -2.71. The summed E-state index contributed by atoms with van der Waals surface area (Å²) in [7, 11) is 0. The smallest absolute Gasteiger partial charge is 0.0462 e. The summed E-state index contributed by atoms with van der Waals surface area (Å²) in [6, 6.07) is 0. The van der Waals surface area contributed by atoms with Gasteiger partial charge in [-0.25, -0.2) is 0 Å². The van der Waals surface area contributed by atoms with Gasteiger partial charge in [0.15, 0.2) is 0 Å². The van der Waals surface area contributed by atoms with Gasteiger partial charge in [0.2, 0.25) is 0 Å². The van der Waals surface area contributed by atoms with Crippen molar-refractivity contribution in [1.82, 2.24) is 0 Å². The SMILES string of the molecule is CC12CC3(C)CC(Cl)(C1)CC(C14CC5(C)CC(C)(CC(Cl)(C5)C1)C4)(C2)C3. The predicted molar refractivity (Wildman–Crippen MR) is 110 cm³/mol. The lowest BCUT2D eigenvalue weighted by atomic mass is 9.28. The fraction of sp³-hybridized carbons (Fsp3) is 1.00. The average Bonchev–Trinajstić information content (AvgIpc) is 2.25. The van der Waals surface area contributed by atoms with Gasteiger partial charge in [0.25, 0.3) is 0 Å². The van der Waals surface area contributed by atoms with Crippen LogP contribution in [0.2, 0.25) is 0 Å². The number of rotatable bonds is 1. The van der Waals surface area contributed by atoms with Crippen LogP contribution < -0.4 is 0 Å². The third-order valence-corrected chi connectivity index (χ3v) is 11.0. The highest BCUT2D eigenvalue weighted by Gasteiger charge is 2.75. The first kappa shape index (κ1) is 17.4. The van der Waals surface area contributed by atoms with Crippen molar-refractivity contribution in [3.63, 3.8) is 0 Å². The summed E-state index contributed by atoms with van der Waals surface area (Å²) in [4.78, 5) is 0.145. The van der Waals surface area contributed by atoms with E-state index in [0.29, 0.717) is 32.5 Å². The van der Waals surface area contributed by atoms with Crippen molar-refractivity contribution in [2.75, 3.05) is 0 Å². The summed E-state index contributed by atoms with van der Waals surface area (Å²) in [6.07, 6.45) is 16.2. The van der Waals surface area contributed by atoms with Crippen LogP contribution in [0.15, 0.2) is 0 Å². The van der Waals surface area contributed by atoms with Crippen molar-refractivity contribution in [3.05, 3.63) is 0 Å². The third kappa shape index (κ3) is 2.05. The minimum atomic E-state index is 0.0723. The van der Waals surface area contributed by atoms with Crippen molar-refractivity contribution in [2.24, 2.45) is 32.5 Å². The Morgan fingerprint density at radius 1 is 0.385 bits per heavy atom. The van der Waals surface area contributed by atoms with Crippen LogP contribution in [0.25, 0.3) is 0 Å². The number of halogens is 2. The highest BCUT2D eigenvalue weighted by Crippen LogP contribution is 2.84. The van der Waals surface area contributed by atoms with E-state index in [1.165, 1.54) is 77.0 Å². The molecule has 26 heavy (non-hydrogen) atoms. The van der Waals surface area contributed by atoms with Gasteiger partial charge >= 0.3 is 0 Å². The van der Waals surface area contributed by atoms with Gasteiger partial charge in [0.05, 0.1) is 0 Å². The van der Waals surface area contributed by atoms with Gasteiger partial charge in [-0.3, -0.25) is 0 Å². The zero-order valence-corrected chi connectivity index (χ0v) is 18.8. The molecule has 0 nitrogen and oxygen atoms in total. The van der Waals surface area contributed by atoms with E-state index in [1.54, 1.807) is 0 Å². The first-order valence-corrected chi connectivity index (χ1v) is 11.9. The van der Waals surface area contributed by atoms with Gasteiger partial charge in [0, 0.05) is 9.75 Å². The molecule has 0 amide bonds. The molecule has 0 aromatic rings. The monoisotopic (exact) mass is 394 g/mol. The quantitative estimate of drug-likeness (QED) is 0.399. The van der Waals surface area contributed by atoms with Gasteiger partial charge in [0.1, 0.15) is 0 Å². The molecular weight excluding hydrogens is 359 g/mol. The number of alkyl halides is 2. The van der Waals surface area contributed by atoms with Crippen molar-refractivity contribution < 1.29 is 0 Å². The second kappa shape index (κ2) is 4.21. The average molecular weight is 395 g/mol. The van der Waals surface area contributed by atoms with E-state index in [1.807, 2.05) is 0 Å². The molecule has 8 bridgehead atoms. The Hall–Kier alpha value is 0.580. The largest absolute Gasteiger partial charge is 0.119 e. The van der Waals surface area contributed by atoms with E-state index in [-0.39, 0.29) is 9.75 Å². The normalized spacial score (nSPS) is 70.8. The Kier molecular flexibility index (Phi) is 2.82. The molecule has 0 spiro atoms. The maximum Gasteiger partial charge on any atom is 0.0462 e. The van der Waals surface area contributed by atoms with Crippen LogP contribution in [0, 0.1) is 32.5 Å². The molecule has 0 N–H and O–H groups in total. The van der Waals surface area contributed by atoms with Crippen LogP contribution in [0.3, 0.4) is 0 Å². The van der Waals surface area contributed by atoms with Crippen LogP contribution in [-0.4, -0.2) is 9.75 Å². The van der Waals surface area contributed by atoms with Crippen molar-refractivity contribution in [2.45, 2.75) is 114 Å². The van der Waals surface area contributed by atoms with E-state index in [0.717, 1.165) is 0 Å². The summed E-state index contributed by atoms with van der Waals surface area (Å²) in [5.41, 5.74) is 2.78. The molecule has 2 heteroatoms. The van der Waals surface area contributed by atoms with E-state index < -0.39 is 0 Å². The molecule has 4 unspecified atom stereocenters. The molecule has 8 aliphatic rings. The van der Waals surface area contributed by atoms with Crippen LogP contribution >= 0.6 is 23.2 Å². The van der Waals surface area contributed by atoms with Crippen LogP contribution in [-0.2, 0) is 0 Å². The molecule has 8 aliphatic carbocycles. The summed E-state index contributed by atoms with van der Waals surface area (Å²) in [5, 5.41) is 0. The van der Waals surface area contributed by atoms with Crippen molar-refractivity contribution in [1.29, 1.82) is 0 Å². The van der Waals surface area contributed by atoms with Crippen molar-refractivity contribution in [3.8, 4) is 0 Å². The van der Waals surface area contributed by atoms with E-state index in [9.17, 15) is 0 Å². The summed E-state index contributed by atoms with van der Waals surface area (Å²) in [6.45, 7) is 10.3. The fourth-order valence-electron chi connectivity index (χ4n) is 12.2. The first-order chi connectivity index (χ1) is 11.7. The maximum absolute atomic E-state index is 7.41. The standard InChI is InChI=1S/C24H36Cl2/c1-17-5-18(2)8-21(7-17,15-23(25,11-17)12-18)22-9-19(3)6-20(4,10-22)14-24(26,13-19)16-22/h5-16H2,1-4H3.